The standard InChI is InChI=1S/C13H14F2N2S2/c1-19-11-4-2-3-9(11)17-10-6-7(14)5-8(15)12(10)16-13(17)18/h5-6,9,11H,2-4H2,1H3,(H,16,18). The van der Waals surface area contributed by atoms with Crippen LogP contribution in [0.4, 0.5) is 8.78 Å². The number of aromatic nitrogens is 2. The van der Waals surface area contributed by atoms with Crippen LogP contribution in [0.25, 0.3) is 11.0 Å². The van der Waals surface area contributed by atoms with Gasteiger partial charge in [-0.25, -0.2) is 8.78 Å². The summed E-state index contributed by atoms with van der Waals surface area (Å²) in [6.45, 7) is 0. The number of nitrogens with zero attached hydrogens (tertiary/aromatic N) is 1. The minimum atomic E-state index is -0.585. The number of aromatic amines is 1. The van der Waals surface area contributed by atoms with Crippen molar-refractivity contribution in [2.24, 2.45) is 0 Å². The van der Waals surface area contributed by atoms with Gasteiger partial charge in [0.2, 0.25) is 0 Å². The summed E-state index contributed by atoms with van der Waals surface area (Å²) >= 11 is 7.10. The number of thioether (sulfide) groups is 1. The average molecular weight is 300 g/mol. The number of nitrogens with one attached hydrogen (secondary N) is 1. The highest BCUT2D eigenvalue weighted by Crippen LogP contribution is 2.39. The molecule has 3 rings (SSSR count). The fraction of sp³-hybridized carbons (Fsp3) is 0.462. The molecule has 0 aliphatic heterocycles. The molecule has 1 aromatic heterocycles. The summed E-state index contributed by atoms with van der Waals surface area (Å²) in [5.41, 5.74) is 0.839. The fourth-order valence-electron chi connectivity index (χ4n) is 2.96. The molecule has 19 heavy (non-hydrogen) atoms. The quantitative estimate of drug-likeness (QED) is 0.828. The van der Waals surface area contributed by atoms with Crippen LogP contribution < -0.4 is 0 Å². The van der Waals surface area contributed by atoms with Crippen molar-refractivity contribution >= 4 is 35.0 Å². The Morgan fingerprint density at radius 2 is 2.16 bits per heavy atom. The molecule has 0 radical (unpaired) electrons. The van der Waals surface area contributed by atoms with Crippen LogP contribution in [0.2, 0.25) is 0 Å². The highest BCUT2D eigenvalue weighted by Gasteiger charge is 2.30. The van der Waals surface area contributed by atoms with Gasteiger partial charge in [-0.15, -0.1) is 0 Å². The molecule has 6 heteroatoms. The van der Waals surface area contributed by atoms with E-state index in [1.54, 1.807) is 11.8 Å². The van der Waals surface area contributed by atoms with Crippen LogP contribution in [0.3, 0.4) is 0 Å². The number of rotatable bonds is 2. The molecule has 102 valence electrons. The lowest BCUT2D eigenvalue weighted by atomic mass is 10.2. The van der Waals surface area contributed by atoms with E-state index in [0.717, 1.165) is 25.3 Å². The second kappa shape index (κ2) is 4.90. The van der Waals surface area contributed by atoms with Crippen LogP contribution in [-0.4, -0.2) is 21.1 Å². The third-order valence-electron chi connectivity index (χ3n) is 3.80. The van der Waals surface area contributed by atoms with Gasteiger partial charge in [-0.05, 0) is 37.4 Å². The zero-order valence-electron chi connectivity index (χ0n) is 10.5. The molecule has 1 saturated carbocycles. The molecule has 0 amide bonds. The predicted molar refractivity (Wildman–Crippen MR) is 77.2 cm³/mol. The third-order valence-corrected chi connectivity index (χ3v) is 5.25. The Labute approximate surface area is 119 Å². The molecule has 0 spiro atoms. The van der Waals surface area contributed by atoms with Crippen LogP contribution in [-0.2, 0) is 0 Å². The predicted octanol–water partition coefficient (Wildman–Crippen LogP) is 4.43. The van der Waals surface area contributed by atoms with Gasteiger partial charge < -0.3 is 9.55 Å². The molecule has 1 aliphatic carbocycles. The molecular formula is C13H14F2N2S2. The monoisotopic (exact) mass is 300 g/mol. The lowest BCUT2D eigenvalue weighted by Gasteiger charge is -2.20. The van der Waals surface area contributed by atoms with E-state index < -0.39 is 11.6 Å². The SMILES string of the molecule is CSC1CCCC1n1c(=S)[nH]c2c(F)cc(F)cc21. The maximum Gasteiger partial charge on any atom is 0.178 e. The Bertz CT molecular complexity index is 677. The number of hydrogen-bond donors (Lipinski definition) is 1. The first-order valence-corrected chi connectivity index (χ1v) is 7.93. The number of halogens is 2. The minimum absolute atomic E-state index is 0.220. The van der Waals surface area contributed by atoms with Gasteiger partial charge in [-0.3, -0.25) is 0 Å². The maximum atomic E-state index is 13.8. The van der Waals surface area contributed by atoms with Crippen molar-refractivity contribution in [1.82, 2.24) is 9.55 Å². The zero-order chi connectivity index (χ0) is 13.6. The summed E-state index contributed by atoms with van der Waals surface area (Å²) in [7, 11) is 0. The van der Waals surface area contributed by atoms with Gasteiger partial charge in [0.15, 0.2) is 10.6 Å². The Kier molecular flexibility index (Phi) is 3.39. The number of imidazole rings is 1. The molecule has 0 bridgehead atoms. The van der Waals surface area contributed by atoms with E-state index in [1.165, 1.54) is 6.07 Å². The van der Waals surface area contributed by atoms with Gasteiger partial charge in [0.05, 0.1) is 5.52 Å². The lowest BCUT2D eigenvalue weighted by molar-refractivity contribution is 0.534. The molecular weight excluding hydrogens is 286 g/mol. The normalized spacial score (nSPS) is 23.3. The number of benzene rings is 1. The second-order valence-electron chi connectivity index (χ2n) is 4.85. The largest absolute Gasteiger partial charge is 0.328 e. The average Bonchev–Trinajstić information content (AvgIpc) is 2.92. The number of fused-ring (bicyclic) bond motifs is 1. The Morgan fingerprint density at radius 3 is 2.89 bits per heavy atom. The molecule has 1 aliphatic rings. The third kappa shape index (κ3) is 2.10. The van der Waals surface area contributed by atoms with Crippen molar-refractivity contribution in [2.45, 2.75) is 30.6 Å². The summed E-state index contributed by atoms with van der Waals surface area (Å²) < 4.78 is 29.6. The molecule has 2 aromatic rings. The summed E-state index contributed by atoms with van der Waals surface area (Å²) in [5.74, 6) is -1.15. The van der Waals surface area contributed by atoms with Crippen LogP contribution in [0, 0.1) is 16.4 Å². The summed E-state index contributed by atoms with van der Waals surface area (Å²) in [6, 6.07) is 2.47. The van der Waals surface area contributed by atoms with Crippen molar-refractivity contribution < 1.29 is 8.78 Å². The van der Waals surface area contributed by atoms with E-state index in [0.29, 0.717) is 21.1 Å². The second-order valence-corrected chi connectivity index (χ2v) is 6.32. The van der Waals surface area contributed by atoms with Gasteiger partial charge in [0.1, 0.15) is 11.3 Å². The van der Waals surface area contributed by atoms with Crippen molar-refractivity contribution in [3.8, 4) is 0 Å². The molecule has 1 N–H and O–H groups in total. The van der Waals surface area contributed by atoms with E-state index in [2.05, 4.69) is 11.2 Å². The molecule has 1 heterocycles. The first kappa shape index (κ1) is 13.1. The molecule has 2 nitrogen and oxygen atoms in total. The van der Waals surface area contributed by atoms with Crippen molar-refractivity contribution in [1.29, 1.82) is 0 Å². The molecule has 2 atom stereocenters. The van der Waals surface area contributed by atoms with Crippen LogP contribution in [0.5, 0.6) is 0 Å². The van der Waals surface area contributed by atoms with Gasteiger partial charge in [-0.2, -0.15) is 11.8 Å². The van der Waals surface area contributed by atoms with E-state index in [-0.39, 0.29) is 6.04 Å². The number of hydrogen-bond acceptors (Lipinski definition) is 2. The Hall–Kier alpha value is -0.880. The smallest absolute Gasteiger partial charge is 0.178 e. The Morgan fingerprint density at radius 1 is 1.37 bits per heavy atom. The highest BCUT2D eigenvalue weighted by molar-refractivity contribution is 7.99. The lowest BCUT2D eigenvalue weighted by Crippen LogP contribution is -2.15. The van der Waals surface area contributed by atoms with E-state index >= 15 is 0 Å². The molecule has 1 aromatic carbocycles. The van der Waals surface area contributed by atoms with Gasteiger partial charge in [0, 0.05) is 17.4 Å². The molecule has 2 unspecified atom stereocenters. The van der Waals surface area contributed by atoms with Gasteiger partial charge >= 0.3 is 0 Å². The van der Waals surface area contributed by atoms with Gasteiger partial charge in [0.25, 0.3) is 0 Å². The fourth-order valence-corrected chi connectivity index (χ4v) is 4.27. The van der Waals surface area contributed by atoms with Gasteiger partial charge in [-0.1, -0.05) is 6.42 Å². The van der Waals surface area contributed by atoms with Crippen molar-refractivity contribution in [2.75, 3.05) is 6.26 Å². The Balaban J connectivity index is 2.23. The van der Waals surface area contributed by atoms with Crippen LogP contribution in [0.1, 0.15) is 25.3 Å². The van der Waals surface area contributed by atoms with Crippen LogP contribution in [0.15, 0.2) is 12.1 Å². The van der Waals surface area contributed by atoms with E-state index in [4.69, 9.17) is 12.2 Å². The van der Waals surface area contributed by atoms with E-state index in [9.17, 15) is 8.78 Å². The minimum Gasteiger partial charge on any atom is -0.328 e. The molecule has 0 saturated heterocycles. The zero-order valence-corrected chi connectivity index (χ0v) is 12.1. The summed E-state index contributed by atoms with van der Waals surface area (Å²) in [5, 5.41) is 0.456. The number of H-pyrrole nitrogens is 1. The van der Waals surface area contributed by atoms with Crippen LogP contribution >= 0.6 is 24.0 Å². The first-order chi connectivity index (χ1) is 9.11. The summed E-state index contributed by atoms with van der Waals surface area (Å²) in [6.07, 6.45) is 5.33. The van der Waals surface area contributed by atoms with Crippen molar-refractivity contribution in [3.63, 3.8) is 0 Å². The summed E-state index contributed by atoms with van der Waals surface area (Å²) in [4.78, 5) is 2.87. The van der Waals surface area contributed by atoms with Crippen molar-refractivity contribution in [3.05, 3.63) is 28.5 Å². The highest BCUT2D eigenvalue weighted by atomic mass is 32.2. The van der Waals surface area contributed by atoms with E-state index in [1.807, 2.05) is 4.57 Å². The first-order valence-electron chi connectivity index (χ1n) is 6.24. The maximum absolute atomic E-state index is 13.8. The topological polar surface area (TPSA) is 20.7 Å². The molecule has 1 fully saturated rings.